The van der Waals surface area contributed by atoms with Crippen molar-refractivity contribution >= 4 is 5.97 Å². The summed E-state index contributed by atoms with van der Waals surface area (Å²) in [7, 11) is 0. The fraction of sp³-hybridized carbons (Fsp3) is 0.600. The highest BCUT2D eigenvalue weighted by Crippen LogP contribution is 1.78. The third-order valence-corrected chi connectivity index (χ3v) is 0.529. The first-order valence-corrected chi connectivity index (χ1v) is 2.38. The summed E-state index contributed by atoms with van der Waals surface area (Å²) < 4.78 is 4.34. The highest BCUT2D eigenvalue weighted by Gasteiger charge is 1.93. The first-order valence-electron chi connectivity index (χ1n) is 2.38. The average Bonchev–Trinajstić information content (AvgIpc) is 1.83. The lowest BCUT2D eigenvalue weighted by atomic mass is 10.5. The van der Waals surface area contributed by atoms with E-state index in [0.717, 1.165) is 6.42 Å². The molecule has 0 N–H and O–H groups in total. The van der Waals surface area contributed by atoms with Gasteiger partial charge in [-0.25, -0.2) is 4.79 Å². The number of carbonyl (C=O) groups excluding carboxylic acids is 1. The Morgan fingerprint density at radius 2 is 2.50 bits per heavy atom. The van der Waals surface area contributed by atoms with Crippen LogP contribution in [-0.4, -0.2) is 12.6 Å². The Kier molecular flexibility index (Phi) is 3.59. The molecule has 0 amide bonds. The molecule has 0 radical (unpaired) electrons. The first-order chi connectivity index (χ1) is 3.81. The maximum absolute atomic E-state index is 9.99. The van der Waals surface area contributed by atoms with Crippen LogP contribution in [-0.2, 0) is 9.53 Å². The summed E-state index contributed by atoms with van der Waals surface area (Å²) in [5.41, 5.74) is 0. The van der Waals surface area contributed by atoms with Crippen LogP contribution in [0, 0.1) is 11.3 Å². The van der Waals surface area contributed by atoms with Crippen LogP contribution >= 0.6 is 0 Å². The lowest BCUT2D eigenvalue weighted by molar-refractivity contribution is -0.136. The summed E-state index contributed by atoms with van der Waals surface area (Å²) in [6.45, 7) is 2.21. The summed E-state index contributed by atoms with van der Waals surface area (Å²) in [5, 5.41) is 7.84. The zero-order valence-corrected chi connectivity index (χ0v) is 4.68. The van der Waals surface area contributed by atoms with Gasteiger partial charge >= 0.3 is 5.97 Å². The largest absolute Gasteiger partial charge is 0.455 e. The molecule has 3 nitrogen and oxygen atoms in total. The molecule has 0 rings (SSSR count). The van der Waals surface area contributed by atoms with Crippen molar-refractivity contribution in [1.82, 2.24) is 0 Å². The zero-order chi connectivity index (χ0) is 6.41. The predicted molar refractivity (Wildman–Crippen MR) is 26.9 cm³/mol. The van der Waals surface area contributed by atoms with Crippen molar-refractivity contribution in [3.05, 3.63) is 0 Å². The van der Waals surface area contributed by atoms with Crippen LogP contribution in [0.5, 0.6) is 0 Å². The molecule has 3 heteroatoms. The van der Waals surface area contributed by atoms with Gasteiger partial charge in [0.25, 0.3) is 0 Å². The van der Waals surface area contributed by atoms with Gasteiger partial charge in [-0.2, -0.15) is 5.26 Å². The van der Waals surface area contributed by atoms with Crippen LogP contribution in [0.2, 0.25) is 0 Å². The van der Waals surface area contributed by atoms with Gasteiger partial charge in [0.1, 0.15) is 0 Å². The predicted octanol–water partition coefficient (Wildman–Crippen LogP) is 0.463. The van der Waals surface area contributed by atoms with Gasteiger partial charge in [0.15, 0.2) is 6.07 Å². The highest BCUT2D eigenvalue weighted by atomic mass is 16.5. The number of nitrogens with zero attached hydrogens (tertiary/aromatic N) is 1. The normalized spacial score (nSPS) is 7.50. The summed E-state index contributed by atoms with van der Waals surface area (Å²) in [6, 6.07) is 1.34. The third kappa shape index (κ3) is 3.16. The van der Waals surface area contributed by atoms with Crippen LogP contribution in [0.25, 0.3) is 0 Å². The van der Waals surface area contributed by atoms with Gasteiger partial charge < -0.3 is 4.74 Å². The van der Waals surface area contributed by atoms with Crippen LogP contribution < -0.4 is 0 Å². The van der Waals surface area contributed by atoms with Crippen molar-refractivity contribution in [3.63, 3.8) is 0 Å². The van der Waals surface area contributed by atoms with Gasteiger partial charge in [0, 0.05) is 0 Å². The van der Waals surface area contributed by atoms with Gasteiger partial charge in [0.2, 0.25) is 0 Å². The van der Waals surface area contributed by atoms with Crippen molar-refractivity contribution in [2.45, 2.75) is 13.3 Å². The monoisotopic (exact) mass is 113 g/mol. The molecule has 0 aliphatic carbocycles. The Bertz CT molecular complexity index is 114. The SMILES string of the molecule is CCCOC(=O)C#N. The maximum Gasteiger partial charge on any atom is 0.411 e. The summed E-state index contributed by atoms with van der Waals surface area (Å²) >= 11 is 0. The fourth-order valence-corrected chi connectivity index (χ4v) is 0.227. The molecule has 44 valence electrons. The summed E-state index contributed by atoms with van der Waals surface area (Å²) in [6.07, 6.45) is 0.757. The van der Waals surface area contributed by atoms with E-state index in [2.05, 4.69) is 4.74 Å². The van der Waals surface area contributed by atoms with E-state index in [1.807, 2.05) is 6.92 Å². The molecule has 0 heterocycles. The summed E-state index contributed by atoms with van der Waals surface area (Å²) in [5.74, 6) is -0.799. The van der Waals surface area contributed by atoms with E-state index in [0.29, 0.717) is 6.61 Å². The maximum atomic E-state index is 9.99. The zero-order valence-electron chi connectivity index (χ0n) is 4.68. The lowest BCUT2D eigenvalue weighted by Gasteiger charge is -1.91. The molecular formula is C5H7NO2. The van der Waals surface area contributed by atoms with Gasteiger partial charge in [-0.3, -0.25) is 0 Å². The number of esters is 1. The Labute approximate surface area is 47.9 Å². The minimum atomic E-state index is -0.799. The molecule has 0 spiro atoms. The lowest BCUT2D eigenvalue weighted by Crippen LogP contribution is -2.00. The molecular weight excluding hydrogens is 106 g/mol. The minimum absolute atomic E-state index is 0.340. The van der Waals surface area contributed by atoms with Crippen molar-refractivity contribution in [1.29, 1.82) is 5.26 Å². The van der Waals surface area contributed by atoms with E-state index < -0.39 is 5.97 Å². The number of hydrogen-bond donors (Lipinski definition) is 0. The van der Waals surface area contributed by atoms with Crippen LogP contribution in [0.1, 0.15) is 13.3 Å². The number of ether oxygens (including phenoxy) is 1. The van der Waals surface area contributed by atoms with E-state index in [4.69, 9.17) is 5.26 Å². The molecule has 0 aliphatic heterocycles. The van der Waals surface area contributed by atoms with Crippen molar-refractivity contribution < 1.29 is 9.53 Å². The molecule has 8 heavy (non-hydrogen) atoms. The summed E-state index contributed by atoms with van der Waals surface area (Å²) in [4.78, 5) is 9.99. The van der Waals surface area contributed by atoms with Crippen LogP contribution in [0.15, 0.2) is 0 Å². The van der Waals surface area contributed by atoms with Crippen LogP contribution in [0.3, 0.4) is 0 Å². The molecule has 0 atom stereocenters. The number of hydrogen-bond acceptors (Lipinski definition) is 3. The standard InChI is InChI=1S/C5H7NO2/c1-2-3-8-5(7)4-6/h2-3H2,1H3. The average molecular weight is 113 g/mol. The van der Waals surface area contributed by atoms with E-state index in [1.54, 1.807) is 0 Å². The molecule has 0 bridgehead atoms. The molecule has 0 aliphatic rings. The molecule has 0 fully saturated rings. The molecule has 0 saturated carbocycles. The van der Waals surface area contributed by atoms with E-state index in [-0.39, 0.29) is 0 Å². The molecule has 0 aromatic heterocycles. The van der Waals surface area contributed by atoms with Gasteiger partial charge in [0.05, 0.1) is 6.61 Å². The van der Waals surface area contributed by atoms with Crippen molar-refractivity contribution in [3.8, 4) is 6.07 Å². The van der Waals surface area contributed by atoms with Crippen LogP contribution in [0.4, 0.5) is 0 Å². The first kappa shape index (κ1) is 6.96. The molecule has 0 saturated heterocycles. The van der Waals surface area contributed by atoms with E-state index in [1.165, 1.54) is 6.07 Å². The second kappa shape index (κ2) is 4.13. The number of nitriles is 1. The van der Waals surface area contributed by atoms with E-state index in [9.17, 15) is 4.79 Å². The Balaban J connectivity index is 3.16. The fourth-order valence-electron chi connectivity index (χ4n) is 0.227. The third-order valence-electron chi connectivity index (χ3n) is 0.529. The molecule has 0 unspecified atom stereocenters. The Morgan fingerprint density at radius 1 is 1.88 bits per heavy atom. The molecule has 0 aromatic rings. The number of rotatable bonds is 2. The molecule has 0 aromatic carbocycles. The van der Waals surface area contributed by atoms with Gasteiger partial charge in [-0.05, 0) is 6.42 Å². The number of carbonyl (C=O) groups is 1. The second-order valence-electron chi connectivity index (χ2n) is 1.25. The van der Waals surface area contributed by atoms with Gasteiger partial charge in [-0.15, -0.1) is 0 Å². The minimum Gasteiger partial charge on any atom is -0.455 e. The Hall–Kier alpha value is -1.04. The second-order valence-corrected chi connectivity index (χ2v) is 1.25. The smallest absolute Gasteiger partial charge is 0.411 e. The van der Waals surface area contributed by atoms with E-state index >= 15 is 0 Å². The highest BCUT2D eigenvalue weighted by molar-refractivity contribution is 5.85. The van der Waals surface area contributed by atoms with Crippen molar-refractivity contribution in [2.75, 3.05) is 6.61 Å². The quantitative estimate of drug-likeness (QED) is 0.386. The van der Waals surface area contributed by atoms with Gasteiger partial charge in [-0.1, -0.05) is 6.92 Å². The Morgan fingerprint density at radius 3 is 2.88 bits per heavy atom. The van der Waals surface area contributed by atoms with Crippen molar-refractivity contribution in [2.24, 2.45) is 0 Å². The topological polar surface area (TPSA) is 50.1 Å².